The highest BCUT2D eigenvalue weighted by Crippen LogP contribution is 2.28. The number of hydrogen-bond acceptors (Lipinski definition) is 0. The van der Waals surface area contributed by atoms with Crippen LogP contribution in [0.15, 0.2) is 219 Å². The molecule has 0 aliphatic heterocycles. The fraction of sp³-hybridized carbons (Fsp3) is 0.267. The molecule has 6 aromatic heterocycles. The van der Waals surface area contributed by atoms with E-state index in [4.69, 9.17) is 4.11 Å². The van der Waals surface area contributed by atoms with Crippen molar-refractivity contribution >= 4 is 0 Å². The molecule has 0 fully saturated rings. The van der Waals surface area contributed by atoms with Crippen LogP contribution < -0.4 is 27.4 Å². The number of nitrogens with zero attached hydrogens (tertiary/aromatic N) is 6. The topological polar surface area (TPSA) is 23.3 Å². The Morgan fingerprint density at radius 2 is 0.438 bits per heavy atom. The van der Waals surface area contributed by atoms with Crippen molar-refractivity contribution in [3.8, 4) is 67.5 Å². The van der Waals surface area contributed by atoms with E-state index in [1.807, 2.05) is 30.8 Å². The lowest BCUT2D eigenvalue weighted by atomic mass is 9.99. The van der Waals surface area contributed by atoms with E-state index in [0.29, 0.717) is 5.56 Å². The van der Waals surface area contributed by atoms with Gasteiger partial charge in [-0.25, -0.2) is 27.4 Å². The van der Waals surface area contributed by atoms with Gasteiger partial charge in [0.25, 0.3) is 0 Å². The van der Waals surface area contributed by atoms with E-state index in [-0.39, 0.29) is 0 Å². The van der Waals surface area contributed by atoms with Gasteiger partial charge in [-0.15, -0.1) is 0 Å². The molecule has 6 nitrogen and oxygen atoms in total. The molecule has 0 amide bonds. The molecule has 0 aliphatic carbocycles. The van der Waals surface area contributed by atoms with Crippen LogP contribution in [0, 0.1) is 125 Å². The first-order valence-corrected chi connectivity index (χ1v) is 33.5. The Balaban J connectivity index is 0.000000167. The molecule has 12 aromatic rings. The predicted octanol–water partition coefficient (Wildman–Crippen LogP) is 18.6. The Kier molecular flexibility index (Phi) is 24.1. The summed E-state index contributed by atoms with van der Waals surface area (Å²) in [6, 6.07) is 64.1. The van der Waals surface area contributed by atoms with Crippen LogP contribution in [0.2, 0.25) is 0 Å². The second-order valence-corrected chi connectivity index (χ2v) is 26.7. The highest BCUT2D eigenvalue weighted by molar-refractivity contribution is 5.67. The largest absolute Gasteiger partial charge is 0.212 e. The third kappa shape index (κ3) is 19.7. The van der Waals surface area contributed by atoms with Crippen LogP contribution in [0.25, 0.3) is 67.5 Å². The third-order valence-corrected chi connectivity index (χ3v) is 18.1. The first-order chi connectivity index (χ1) is 46.7. The van der Waals surface area contributed by atoms with Crippen LogP contribution in [0.4, 0.5) is 0 Å². The lowest BCUT2D eigenvalue weighted by molar-refractivity contribution is -0.660. The van der Waals surface area contributed by atoms with Crippen molar-refractivity contribution in [2.75, 3.05) is 0 Å². The number of rotatable bonds is 6. The molecule has 12 rings (SSSR count). The fourth-order valence-electron chi connectivity index (χ4n) is 11.8. The van der Waals surface area contributed by atoms with Crippen LogP contribution >= 0.6 is 0 Å². The van der Waals surface area contributed by atoms with Gasteiger partial charge in [-0.2, -0.15) is 0 Å². The quantitative estimate of drug-likeness (QED) is 0.148. The second kappa shape index (κ2) is 33.6. The maximum absolute atomic E-state index is 7.45. The molecule has 6 heterocycles. The van der Waals surface area contributed by atoms with Crippen molar-refractivity contribution in [1.82, 2.24) is 0 Å². The molecular weight excluding hydrogens is 1170 g/mol. The van der Waals surface area contributed by atoms with Crippen molar-refractivity contribution in [1.29, 1.82) is 0 Å². The van der Waals surface area contributed by atoms with Gasteiger partial charge >= 0.3 is 0 Å². The molecule has 492 valence electrons. The molecule has 0 bridgehead atoms. The normalized spacial score (nSPS) is 11.1. The number of aromatic nitrogens is 6. The molecule has 96 heavy (non-hydrogen) atoms. The standard InChI is InChI=1S/6C15H18N/c2*1-11-5-6-14(13(3)9-11)15-10-12(2)7-8-16(15)4;2*1-11-5-6-13(3)14(9-11)15-10-12(2)7-8-16(15)4;2*1-11-8-9-16(4)15(10-11)14-7-5-6-12(2)13(14)3/h6*5-10H,1-4H3/q6*+1/i1D3;;;;;. The first-order valence-electron chi connectivity index (χ1n) is 35.0. The van der Waals surface area contributed by atoms with Crippen molar-refractivity contribution < 1.29 is 31.5 Å². The zero-order valence-electron chi connectivity index (χ0n) is 65.0. The predicted molar refractivity (Wildman–Crippen MR) is 404 cm³/mol. The number of aryl methyl sites for hydroxylation is 22. The number of hydrogen-bond donors (Lipinski definition) is 0. The van der Waals surface area contributed by atoms with Crippen LogP contribution in [-0.4, -0.2) is 0 Å². The Labute approximate surface area is 582 Å². The van der Waals surface area contributed by atoms with Gasteiger partial charge in [-0.1, -0.05) is 95.1 Å². The second-order valence-electron chi connectivity index (χ2n) is 26.7. The molecule has 0 spiro atoms. The number of benzene rings is 6. The van der Waals surface area contributed by atoms with Crippen molar-refractivity contribution in [2.45, 2.75) is 125 Å². The van der Waals surface area contributed by atoms with E-state index >= 15 is 0 Å². The van der Waals surface area contributed by atoms with Crippen LogP contribution in [0.1, 0.15) is 104 Å². The summed E-state index contributed by atoms with van der Waals surface area (Å²) in [5.41, 5.74) is 37.6. The number of pyridine rings is 6. The Morgan fingerprint density at radius 1 is 0.198 bits per heavy atom. The summed E-state index contributed by atoms with van der Waals surface area (Å²) in [7, 11) is 12.5. The zero-order chi connectivity index (χ0) is 72.7. The summed E-state index contributed by atoms with van der Waals surface area (Å²) < 4.78 is 35.3. The minimum absolute atomic E-state index is 0.393. The van der Waals surface area contributed by atoms with Crippen LogP contribution in [-0.2, 0) is 42.3 Å². The average Bonchev–Trinajstić information content (AvgIpc) is 0.833. The first kappa shape index (κ1) is 69.1. The Bertz CT molecular complexity index is 4390. The molecule has 0 unspecified atom stereocenters. The maximum atomic E-state index is 7.45. The summed E-state index contributed by atoms with van der Waals surface area (Å²) >= 11 is 0. The van der Waals surface area contributed by atoms with Gasteiger partial charge in [0.2, 0.25) is 34.2 Å². The summed E-state index contributed by atoms with van der Waals surface area (Å²) in [6.07, 6.45) is 12.6. The minimum Gasteiger partial charge on any atom is -0.201 e. The Hall–Kier alpha value is -9.78. The summed E-state index contributed by atoms with van der Waals surface area (Å²) in [6.45, 7) is 34.2. The van der Waals surface area contributed by atoms with Gasteiger partial charge in [0, 0.05) is 110 Å². The van der Waals surface area contributed by atoms with Gasteiger partial charge in [0.05, 0.1) is 0 Å². The average molecular weight is 1280 g/mol. The molecule has 0 N–H and O–H groups in total. The smallest absolute Gasteiger partial charge is 0.201 e. The van der Waals surface area contributed by atoms with Crippen molar-refractivity contribution in [3.05, 3.63) is 319 Å². The highest BCUT2D eigenvalue weighted by atomic mass is 14.9. The van der Waals surface area contributed by atoms with E-state index in [9.17, 15) is 0 Å². The minimum atomic E-state index is -2.04. The van der Waals surface area contributed by atoms with Crippen molar-refractivity contribution in [2.24, 2.45) is 42.3 Å². The molecular formula is C90H108N6+6. The van der Waals surface area contributed by atoms with Gasteiger partial charge < -0.3 is 0 Å². The van der Waals surface area contributed by atoms with Crippen LogP contribution in [0.5, 0.6) is 0 Å². The molecule has 0 radical (unpaired) electrons. The zero-order valence-corrected chi connectivity index (χ0v) is 62.0. The monoisotopic (exact) mass is 1280 g/mol. The molecule has 0 atom stereocenters. The lowest BCUT2D eigenvalue weighted by Gasteiger charge is -2.07. The van der Waals surface area contributed by atoms with E-state index in [0.717, 1.165) is 16.8 Å². The van der Waals surface area contributed by atoms with Gasteiger partial charge in [-0.3, -0.25) is 0 Å². The fourth-order valence-corrected chi connectivity index (χ4v) is 11.8. The molecule has 6 heteroatoms. The summed E-state index contributed by atoms with van der Waals surface area (Å²) in [5.74, 6) is 0. The molecule has 0 aliphatic rings. The summed E-state index contributed by atoms with van der Waals surface area (Å²) in [4.78, 5) is 0. The van der Waals surface area contributed by atoms with Crippen LogP contribution in [0.3, 0.4) is 0 Å². The maximum Gasteiger partial charge on any atom is 0.212 e. The Morgan fingerprint density at radius 3 is 0.729 bits per heavy atom. The van der Waals surface area contributed by atoms with Gasteiger partial charge in [0.1, 0.15) is 42.3 Å². The SMILES string of the molecule is Cc1cc[n+](C)c(-c2cccc(C)c2C)c1.Cc1cc[n+](C)c(-c2cccc(C)c2C)c1.Cc1ccc(-c2cc(C)cc[n+]2C)c(C)c1.Cc1ccc(C)c(-c2cc(C)cc[n+]2C)c1.Cc1ccc(C)c(-c2cc(C)cc[n+]2C)c1.[2H]C([2H])([2H])c1ccc(-c2cc(C)cc[n+]2C)c(C)c1. The lowest BCUT2D eigenvalue weighted by Crippen LogP contribution is -2.30. The molecule has 6 aromatic carbocycles. The van der Waals surface area contributed by atoms with E-state index < -0.39 is 6.85 Å². The van der Waals surface area contributed by atoms with E-state index in [2.05, 4.69) is 364 Å². The summed E-state index contributed by atoms with van der Waals surface area (Å²) in [5, 5.41) is 0. The molecule has 0 saturated carbocycles. The van der Waals surface area contributed by atoms with Gasteiger partial charge in [-0.05, 0) is 239 Å². The van der Waals surface area contributed by atoms with E-state index in [1.54, 1.807) is 12.1 Å². The van der Waals surface area contributed by atoms with E-state index in [1.165, 1.54) is 145 Å². The van der Waals surface area contributed by atoms with Gasteiger partial charge in [0.15, 0.2) is 37.2 Å². The molecule has 0 saturated heterocycles. The highest BCUT2D eigenvalue weighted by Gasteiger charge is 2.18. The van der Waals surface area contributed by atoms with Crippen molar-refractivity contribution in [3.63, 3.8) is 0 Å². The third-order valence-electron chi connectivity index (χ3n) is 18.1.